The minimum absolute atomic E-state index is 0.00682. The largest absolute Gasteiger partial charge is 0.492 e. The van der Waals surface area contributed by atoms with Crippen molar-refractivity contribution in [3.05, 3.63) is 88.4 Å². The van der Waals surface area contributed by atoms with E-state index in [1.807, 2.05) is 13.8 Å². The predicted molar refractivity (Wildman–Crippen MR) is 168 cm³/mol. The predicted octanol–water partition coefficient (Wildman–Crippen LogP) is 6.31. The van der Waals surface area contributed by atoms with Crippen molar-refractivity contribution in [1.82, 2.24) is 10.2 Å². The first-order valence-electron chi connectivity index (χ1n) is 13.9. The van der Waals surface area contributed by atoms with Gasteiger partial charge in [0.05, 0.1) is 17.2 Å². The molecule has 0 radical (unpaired) electrons. The van der Waals surface area contributed by atoms with Gasteiger partial charge in [-0.2, -0.15) is 0 Å². The molecule has 0 heterocycles. The van der Waals surface area contributed by atoms with E-state index < -0.39 is 28.5 Å². The van der Waals surface area contributed by atoms with Gasteiger partial charge in [-0.3, -0.25) is 13.9 Å². The standard InChI is InChI=1S/C31H37Cl2N3O5S/c1-5-22(4)34-31(38)27(6-2)35(20-23-12-8-9-13-26(23)33)30(37)21-36(28-14-10-11-15-29(28)41-7-3)42(39,40)25-18-16-24(32)17-19-25/h8-19,22,27H,5-7,20-21H2,1-4H3,(H,34,38)/t22-,27-/m0/s1. The number of ether oxygens (including phenoxy) is 1. The van der Waals surface area contributed by atoms with Crippen LogP contribution >= 0.6 is 23.2 Å². The highest BCUT2D eigenvalue weighted by Crippen LogP contribution is 2.33. The molecule has 11 heteroatoms. The minimum atomic E-state index is -4.28. The molecule has 0 saturated carbocycles. The highest BCUT2D eigenvalue weighted by Gasteiger charge is 2.35. The van der Waals surface area contributed by atoms with Crippen LogP contribution in [0.25, 0.3) is 0 Å². The van der Waals surface area contributed by atoms with Crippen LogP contribution in [0.15, 0.2) is 77.7 Å². The maximum absolute atomic E-state index is 14.2. The van der Waals surface area contributed by atoms with Crippen molar-refractivity contribution in [1.29, 1.82) is 0 Å². The number of nitrogens with zero attached hydrogens (tertiary/aromatic N) is 2. The van der Waals surface area contributed by atoms with E-state index in [-0.39, 0.29) is 35.7 Å². The molecule has 0 aliphatic carbocycles. The number of amides is 2. The van der Waals surface area contributed by atoms with Crippen molar-refractivity contribution in [2.45, 2.75) is 64.1 Å². The fraction of sp³-hybridized carbons (Fsp3) is 0.355. The van der Waals surface area contributed by atoms with E-state index in [1.165, 1.54) is 29.2 Å². The Hall–Kier alpha value is -3.27. The Morgan fingerprint density at radius 1 is 0.905 bits per heavy atom. The molecule has 0 aliphatic rings. The van der Waals surface area contributed by atoms with Gasteiger partial charge in [0, 0.05) is 22.6 Å². The van der Waals surface area contributed by atoms with Gasteiger partial charge in [0.15, 0.2) is 0 Å². The number of nitrogens with one attached hydrogen (secondary N) is 1. The monoisotopic (exact) mass is 633 g/mol. The van der Waals surface area contributed by atoms with Crippen LogP contribution in [-0.2, 0) is 26.2 Å². The van der Waals surface area contributed by atoms with Crippen LogP contribution in [-0.4, -0.2) is 50.4 Å². The van der Waals surface area contributed by atoms with Crippen LogP contribution in [0.2, 0.25) is 10.0 Å². The smallest absolute Gasteiger partial charge is 0.264 e. The van der Waals surface area contributed by atoms with E-state index in [0.29, 0.717) is 34.2 Å². The van der Waals surface area contributed by atoms with Gasteiger partial charge in [0.25, 0.3) is 10.0 Å². The lowest BCUT2D eigenvalue weighted by Crippen LogP contribution is -2.53. The number of halogens is 2. The van der Waals surface area contributed by atoms with Crippen molar-refractivity contribution in [2.75, 3.05) is 17.5 Å². The molecule has 0 saturated heterocycles. The van der Waals surface area contributed by atoms with E-state index >= 15 is 0 Å². The van der Waals surface area contributed by atoms with Crippen LogP contribution in [0.3, 0.4) is 0 Å². The van der Waals surface area contributed by atoms with Crippen LogP contribution in [0, 0.1) is 0 Å². The third kappa shape index (κ3) is 8.18. The molecule has 3 rings (SSSR count). The van der Waals surface area contributed by atoms with Crippen molar-refractivity contribution in [2.24, 2.45) is 0 Å². The van der Waals surface area contributed by atoms with E-state index in [4.69, 9.17) is 27.9 Å². The van der Waals surface area contributed by atoms with Crippen LogP contribution in [0.5, 0.6) is 5.75 Å². The average molecular weight is 635 g/mol. The van der Waals surface area contributed by atoms with Gasteiger partial charge in [-0.05, 0) is 74.7 Å². The highest BCUT2D eigenvalue weighted by atomic mass is 35.5. The molecule has 3 aromatic rings. The van der Waals surface area contributed by atoms with Crippen LogP contribution < -0.4 is 14.4 Å². The Morgan fingerprint density at radius 3 is 2.17 bits per heavy atom. The van der Waals surface area contributed by atoms with Gasteiger partial charge in [0.2, 0.25) is 11.8 Å². The SMILES string of the molecule is CCOc1ccccc1N(CC(=O)N(Cc1ccccc1Cl)[C@@H](CC)C(=O)N[C@@H](C)CC)S(=O)(=O)c1ccc(Cl)cc1. The summed E-state index contributed by atoms with van der Waals surface area (Å²) in [6.07, 6.45) is 1.01. The molecule has 1 N–H and O–H groups in total. The summed E-state index contributed by atoms with van der Waals surface area (Å²) in [5.41, 5.74) is 0.821. The van der Waals surface area contributed by atoms with Gasteiger partial charge in [-0.15, -0.1) is 0 Å². The molecule has 0 aromatic heterocycles. The number of hydrogen-bond acceptors (Lipinski definition) is 5. The number of sulfonamides is 1. The Bertz CT molecular complexity index is 1470. The summed E-state index contributed by atoms with van der Waals surface area (Å²) in [5, 5.41) is 3.76. The van der Waals surface area contributed by atoms with E-state index in [2.05, 4.69) is 5.32 Å². The normalized spacial score (nSPS) is 12.7. The Labute approximate surface area is 258 Å². The molecule has 0 aliphatic heterocycles. The third-order valence-electron chi connectivity index (χ3n) is 6.80. The molecule has 0 bridgehead atoms. The fourth-order valence-corrected chi connectivity index (χ4v) is 6.10. The van der Waals surface area contributed by atoms with Crippen molar-refractivity contribution in [3.63, 3.8) is 0 Å². The molecular weight excluding hydrogens is 597 g/mol. The van der Waals surface area contributed by atoms with Crippen molar-refractivity contribution >= 4 is 50.7 Å². The van der Waals surface area contributed by atoms with Crippen LogP contribution in [0.1, 0.15) is 46.1 Å². The summed E-state index contributed by atoms with van der Waals surface area (Å²) in [4.78, 5) is 29.0. The van der Waals surface area contributed by atoms with E-state index in [1.54, 1.807) is 62.4 Å². The topological polar surface area (TPSA) is 96.0 Å². The van der Waals surface area contributed by atoms with Crippen LogP contribution in [0.4, 0.5) is 5.69 Å². The number of carbonyl (C=O) groups is 2. The first-order chi connectivity index (χ1) is 20.0. The quantitative estimate of drug-likeness (QED) is 0.224. The number of carbonyl (C=O) groups excluding carboxylic acids is 2. The number of anilines is 1. The van der Waals surface area contributed by atoms with Crippen molar-refractivity contribution in [3.8, 4) is 5.75 Å². The molecular formula is C31H37Cl2N3O5S. The molecule has 0 spiro atoms. The Balaban J connectivity index is 2.12. The molecule has 0 unspecified atom stereocenters. The summed E-state index contributed by atoms with van der Waals surface area (Å²) in [5.74, 6) is -0.608. The van der Waals surface area contributed by atoms with Gasteiger partial charge in [-0.1, -0.05) is 67.4 Å². The van der Waals surface area contributed by atoms with E-state index in [0.717, 1.165) is 4.31 Å². The lowest BCUT2D eigenvalue weighted by molar-refractivity contribution is -0.140. The maximum atomic E-state index is 14.2. The number of rotatable bonds is 14. The molecule has 42 heavy (non-hydrogen) atoms. The second-order valence-electron chi connectivity index (χ2n) is 9.72. The number of hydrogen-bond donors (Lipinski definition) is 1. The molecule has 0 fully saturated rings. The molecule has 226 valence electrons. The molecule has 2 amide bonds. The lowest BCUT2D eigenvalue weighted by Gasteiger charge is -2.34. The summed E-state index contributed by atoms with van der Waals surface area (Å²) < 4.78 is 34.9. The van der Waals surface area contributed by atoms with Gasteiger partial charge >= 0.3 is 0 Å². The first-order valence-corrected chi connectivity index (χ1v) is 16.1. The third-order valence-corrected chi connectivity index (χ3v) is 9.19. The number of benzene rings is 3. The summed E-state index contributed by atoms with van der Waals surface area (Å²) in [7, 11) is -4.28. The summed E-state index contributed by atoms with van der Waals surface area (Å²) in [6, 6.07) is 18.4. The summed E-state index contributed by atoms with van der Waals surface area (Å²) >= 11 is 12.5. The minimum Gasteiger partial charge on any atom is -0.492 e. The second-order valence-corrected chi connectivity index (χ2v) is 12.4. The summed E-state index contributed by atoms with van der Waals surface area (Å²) in [6.45, 7) is 7.13. The zero-order valence-corrected chi connectivity index (χ0v) is 26.5. The average Bonchev–Trinajstić information content (AvgIpc) is 2.97. The lowest BCUT2D eigenvalue weighted by atomic mass is 10.1. The van der Waals surface area contributed by atoms with Gasteiger partial charge in [-0.25, -0.2) is 8.42 Å². The maximum Gasteiger partial charge on any atom is 0.264 e. The molecule has 2 atom stereocenters. The van der Waals surface area contributed by atoms with E-state index in [9.17, 15) is 18.0 Å². The zero-order chi connectivity index (χ0) is 30.9. The Morgan fingerprint density at radius 2 is 1.55 bits per heavy atom. The Kier molecular flexibility index (Phi) is 12.1. The molecule has 8 nitrogen and oxygen atoms in total. The molecule has 3 aromatic carbocycles. The van der Waals surface area contributed by atoms with Gasteiger partial charge in [0.1, 0.15) is 18.3 Å². The first kappa shape index (κ1) is 33.2. The highest BCUT2D eigenvalue weighted by molar-refractivity contribution is 7.92. The fourth-order valence-electron chi connectivity index (χ4n) is 4.36. The van der Waals surface area contributed by atoms with Crippen molar-refractivity contribution < 1.29 is 22.7 Å². The number of para-hydroxylation sites is 2. The second kappa shape index (κ2) is 15.3. The van der Waals surface area contributed by atoms with Gasteiger partial charge < -0.3 is 15.0 Å². The zero-order valence-electron chi connectivity index (χ0n) is 24.2.